The van der Waals surface area contributed by atoms with Crippen molar-refractivity contribution >= 4 is 40.4 Å². The molecule has 3 heterocycles. The van der Waals surface area contributed by atoms with Crippen molar-refractivity contribution in [2.45, 2.75) is 63.7 Å². The number of hydrogen-bond acceptors (Lipinski definition) is 12. The Morgan fingerprint density at radius 2 is 1.75 bits per heavy atom. The number of ether oxygens (including phenoxy) is 4. The smallest absolute Gasteiger partial charge is 0.410 e. The van der Waals surface area contributed by atoms with Crippen LogP contribution in [0.2, 0.25) is 5.02 Å². The van der Waals surface area contributed by atoms with E-state index >= 15 is 4.79 Å². The van der Waals surface area contributed by atoms with Gasteiger partial charge in [0.25, 0.3) is 5.91 Å². The second-order valence-electron chi connectivity index (χ2n) is 13.8. The lowest BCUT2D eigenvalue weighted by atomic mass is 9.84. The topological polar surface area (TPSA) is 166 Å². The molecule has 2 aromatic carbocycles. The molecule has 0 radical (unpaired) electrons. The molecular weight excluding hydrogens is 790 g/mol. The molecule has 2 fully saturated rings. The number of carbonyl (C=O) groups excluding carboxylic acids is 2. The maximum Gasteiger partial charge on any atom is 0.410 e. The average Bonchev–Trinajstić information content (AvgIpc) is 4.03. The summed E-state index contributed by atoms with van der Waals surface area (Å²) in [7, 11) is 1.54. The summed E-state index contributed by atoms with van der Waals surface area (Å²) in [6.07, 6.45) is 3.93. The van der Waals surface area contributed by atoms with E-state index in [1.54, 1.807) is 18.2 Å². The number of amides is 2. The monoisotopic (exact) mass is 834 g/mol. The Morgan fingerprint density at radius 1 is 1.02 bits per heavy atom. The molecule has 1 saturated heterocycles. The maximum atomic E-state index is 15.0. The molecule has 14 nitrogen and oxygen atoms in total. The molecule has 3 aromatic rings. The highest BCUT2D eigenvalue weighted by Crippen LogP contribution is 2.42. The molecule has 1 aliphatic carbocycles. The van der Waals surface area contributed by atoms with Crippen LogP contribution in [-0.4, -0.2) is 117 Å². The molecule has 308 valence electrons. The second-order valence-corrected chi connectivity index (χ2v) is 15.8. The lowest BCUT2D eigenvalue weighted by Crippen LogP contribution is -2.61. The molecule has 18 heteroatoms. The van der Waals surface area contributed by atoms with Crippen LogP contribution < -0.4 is 9.47 Å². The zero-order valence-electron chi connectivity index (χ0n) is 31.5. The molecule has 2 bridgehead atoms. The van der Waals surface area contributed by atoms with Gasteiger partial charge < -0.3 is 28.4 Å². The highest BCUT2D eigenvalue weighted by atomic mass is 35.5. The van der Waals surface area contributed by atoms with Crippen LogP contribution in [0.3, 0.4) is 0 Å². The lowest BCUT2D eigenvalue weighted by molar-refractivity contribution is -0.493. The van der Waals surface area contributed by atoms with E-state index in [1.165, 1.54) is 0 Å². The van der Waals surface area contributed by atoms with E-state index in [2.05, 4.69) is 9.82 Å². The molecular formula is C39H45ClF2N4O10S. The van der Waals surface area contributed by atoms with Gasteiger partial charge in [0.05, 0.1) is 45.0 Å². The maximum absolute atomic E-state index is 15.0. The van der Waals surface area contributed by atoms with Crippen molar-refractivity contribution < 1.29 is 57.1 Å². The first-order valence-corrected chi connectivity index (χ1v) is 20.4. The highest BCUT2D eigenvalue weighted by molar-refractivity contribution is 7.91. The third kappa shape index (κ3) is 10.5. The molecule has 57 heavy (non-hydrogen) atoms. The first-order valence-electron chi connectivity index (χ1n) is 18.5. The lowest BCUT2D eigenvalue weighted by Gasteiger charge is -2.47. The molecule has 3 unspecified atom stereocenters. The Morgan fingerprint density at radius 3 is 2.47 bits per heavy atom. The summed E-state index contributed by atoms with van der Waals surface area (Å²) in [6.45, 7) is 2.02. The molecule has 6 rings (SSSR count). The third-order valence-electron chi connectivity index (χ3n) is 10.1. The van der Waals surface area contributed by atoms with Crippen LogP contribution in [0.15, 0.2) is 54.2 Å². The fraction of sp³-hybridized carbons (Fsp3) is 0.462. The number of aromatic nitrogens is 1. The number of hydrogen-bond donors (Lipinski definition) is 2. The highest BCUT2D eigenvalue weighted by Gasteiger charge is 2.51. The van der Waals surface area contributed by atoms with Gasteiger partial charge in [0.1, 0.15) is 35.0 Å². The Balaban J connectivity index is 1.25. The van der Waals surface area contributed by atoms with Crippen LogP contribution in [-0.2, 0) is 43.2 Å². The summed E-state index contributed by atoms with van der Waals surface area (Å²) >= 11 is 4.58. The third-order valence-corrected chi connectivity index (χ3v) is 11.9. The summed E-state index contributed by atoms with van der Waals surface area (Å²) < 4.78 is 63.2. The predicted molar refractivity (Wildman–Crippen MR) is 203 cm³/mol. The van der Waals surface area contributed by atoms with Crippen LogP contribution >= 0.6 is 11.6 Å². The van der Waals surface area contributed by atoms with Crippen molar-refractivity contribution in [1.82, 2.24) is 20.2 Å². The van der Waals surface area contributed by atoms with Gasteiger partial charge in [-0.3, -0.25) is 20.1 Å². The number of pyridine rings is 1. The van der Waals surface area contributed by atoms with Gasteiger partial charge in [-0.1, -0.05) is 35.9 Å². The average molecular weight is 835 g/mol. The summed E-state index contributed by atoms with van der Waals surface area (Å²) in [4.78, 5) is 40.9. The molecule has 3 aliphatic rings. The van der Waals surface area contributed by atoms with E-state index < -0.39 is 51.4 Å². The summed E-state index contributed by atoms with van der Waals surface area (Å²) in [5.41, 5.74) is 4.58. The van der Waals surface area contributed by atoms with Gasteiger partial charge in [0.2, 0.25) is 5.88 Å². The van der Waals surface area contributed by atoms with E-state index in [0.29, 0.717) is 24.3 Å². The summed E-state index contributed by atoms with van der Waals surface area (Å²) in [6, 6.07) is 10.1. The van der Waals surface area contributed by atoms with Gasteiger partial charge in [0.15, 0.2) is 11.6 Å². The van der Waals surface area contributed by atoms with Crippen molar-refractivity contribution in [3.8, 4) is 11.6 Å². The van der Waals surface area contributed by atoms with E-state index in [9.17, 15) is 18.1 Å². The van der Waals surface area contributed by atoms with Crippen LogP contribution in [0.1, 0.15) is 47.9 Å². The van der Waals surface area contributed by atoms with Crippen LogP contribution in [0.5, 0.6) is 11.6 Å². The summed E-state index contributed by atoms with van der Waals surface area (Å²) in [5.74, 6) is -1.37. The SMILES string of the molecule is COc1nccc(CN(C(=O)C2=C(c3ccc(CCCOc4c(F)ccc(F)c4Cl)cc3)CC3C[S+]([O-])CC2N3C(=O)OCCOCCON(O)O)C2CC2)c1C. The second kappa shape index (κ2) is 19.6. The van der Waals surface area contributed by atoms with E-state index in [-0.39, 0.29) is 75.2 Å². The van der Waals surface area contributed by atoms with E-state index in [0.717, 1.165) is 52.8 Å². The number of carbonyl (C=O) groups is 2. The number of nitrogens with zero attached hydrogens (tertiary/aromatic N) is 4. The zero-order chi connectivity index (χ0) is 40.6. The molecule has 1 saturated carbocycles. The van der Waals surface area contributed by atoms with Crippen molar-refractivity contribution in [3.63, 3.8) is 0 Å². The van der Waals surface area contributed by atoms with Crippen molar-refractivity contribution in [3.05, 3.63) is 93.1 Å². The van der Waals surface area contributed by atoms with Crippen LogP contribution in [0, 0.1) is 18.6 Å². The Bertz CT molecular complexity index is 1920. The number of benzene rings is 2. The molecule has 2 amide bonds. The van der Waals surface area contributed by atoms with Crippen molar-refractivity contribution in [2.24, 2.45) is 0 Å². The minimum atomic E-state index is -1.32. The van der Waals surface area contributed by atoms with Gasteiger partial charge in [-0.25, -0.2) is 23.4 Å². The minimum absolute atomic E-state index is 0.00399. The first-order chi connectivity index (χ1) is 27.5. The molecule has 1 aromatic heterocycles. The molecule has 2 N–H and O–H groups in total. The van der Waals surface area contributed by atoms with Gasteiger partial charge >= 0.3 is 6.09 Å². The van der Waals surface area contributed by atoms with Gasteiger partial charge in [0, 0.05) is 29.9 Å². The fourth-order valence-corrected chi connectivity index (χ4v) is 8.88. The van der Waals surface area contributed by atoms with E-state index in [1.807, 2.05) is 42.2 Å². The minimum Gasteiger partial charge on any atom is -0.616 e. The number of aryl methyl sites for hydroxylation is 1. The number of halogens is 3. The summed E-state index contributed by atoms with van der Waals surface area (Å²) in [5, 5.41) is 16.5. The normalized spacial score (nSPS) is 19.2. The predicted octanol–water partition coefficient (Wildman–Crippen LogP) is 5.66. The van der Waals surface area contributed by atoms with Gasteiger partial charge in [-0.05, 0) is 90.7 Å². The van der Waals surface area contributed by atoms with Gasteiger partial charge in [-0.15, -0.1) is 0 Å². The molecule has 2 aliphatic heterocycles. The van der Waals surface area contributed by atoms with E-state index in [4.69, 9.17) is 41.0 Å². The van der Waals surface area contributed by atoms with Crippen LogP contribution in [0.4, 0.5) is 13.6 Å². The standard InChI is InChI=1S/C39H45ClF2N4O10S/c1-24-27(13-14-43-37(24)52-2)21-44(28-9-10-28)38(47)34-30(26-7-5-25(6-8-26)4-3-15-54-36-32(42)12-11-31(41)35(36)40)20-29-22-57(51)23-33(34)45(29)39(48)55-18-16-53-17-19-56-46(49)50/h5-8,11-14,28-29,33,49-50H,3-4,9-10,15-23H2,1-2H3. The molecule has 0 spiro atoms. The first kappa shape index (κ1) is 42.5. The Hall–Kier alpha value is -4.07. The zero-order valence-corrected chi connectivity index (χ0v) is 33.1. The Labute approximate surface area is 336 Å². The van der Waals surface area contributed by atoms with Crippen molar-refractivity contribution in [1.29, 1.82) is 0 Å². The Kier molecular flexibility index (Phi) is 14.6. The quantitative estimate of drug-likeness (QED) is 0.0701. The largest absolute Gasteiger partial charge is 0.616 e. The fourth-order valence-electron chi connectivity index (χ4n) is 7.15. The van der Waals surface area contributed by atoms with Crippen LogP contribution in [0.25, 0.3) is 5.57 Å². The molecule has 3 atom stereocenters. The van der Waals surface area contributed by atoms with Gasteiger partial charge in [-0.2, -0.15) is 0 Å². The number of methoxy groups -OCH3 is 1. The number of rotatable bonds is 18. The number of fused-ring (bicyclic) bond motifs is 2. The van der Waals surface area contributed by atoms with Crippen molar-refractivity contribution in [2.75, 3.05) is 51.6 Å².